The summed E-state index contributed by atoms with van der Waals surface area (Å²) in [5.74, 6) is 1.58. The molecule has 2 amide bonds. The van der Waals surface area contributed by atoms with Gasteiger partial charge in [0, 0.05) is 25.2 Å². The molecule has 2 aromatic carbocycles. The van der Waals surface area contributed by atoms with Crippen molar-refractivity contribution in [3.63, 3.8) is 0 Å². The second-order valence-electron chi connectivity index (χ2n) is 8.71. The van der Waals surface area contributed by atoms with E-state index in [-0.39, 0.29) is 30.6 Å². The number of benzene rings is 2. The Bertz CT molecular complexity index is 1240. The van der Waals surface area contributed by atoms with Crippen LogP contribution in [-0.4, -0.2) is 55.7 Å². The molecule has 6 rings (SSSR count). The fourth-order valence-corrected chi connectivity index (χ4v) is 4.50. The van der Waals surface area contributed by atoms with Crippen molar-refractivity contribution < 1.29 is 28.2 Å². The Morgan fingerprint density at radius 2 is 1.92 bits per heavy atom. The van der Waals surface area contributed by atoms with Crippen molar-refractivity contribution in [1.82, 2.24) is 15.5 Å². The number of likely N-dealkylation sites (tertiary alicyclic amines) is 1. The third kappa shape index (κ3) is 5.58. The third-order valence-electron chi connectivity index (χ3n) is 6.15. The molecule has 2 N–H and O–H groups in total. The maximum absolute atomic E-state index is 13.2. The minimum Gasteiger partial charge on any atom is -0.493 e. The number of nitrogens with zero attached hydrogens (tertiary/aromatic N) is 1. The number of amides is 2. The van der Waals surface area contributed by atoms with Gasteiger partial charge in [0.1, 0.15) is 17.6 Å². The predicted molar refractivity (Wildman–Crippen MR) is 131 cm³/mol. The quantitative estimate of drug-likeness (QED) is 0.557. The average Bonchev–Trinajstić information content (AvgIpc) is 3.46. The first-order valence-electron chi connectivity index (χ1n) is 11.6. The summed E-state index contributed by atoms with van der Waals surface area (Å²) in [5.41, 5.74) is 1.31. The van der Waals surface area contributed by atoms with E-state index in [1.807, 2.05) is 30.3 Å². The van der Waals surface area contributed by atoms with E-state index in [0.717, 1.165) is 11.3 Å². The van der Waals surface area contributed by atoms with E-state index in [4.69, 9.17) is 30.2 Å². The normalized spacial score (nSPS) is 20.5. The molecule has 0 spiro atoms. The van der Waals surface area contributed by atoms with Crippen molar-refractivity contribution >= 4 is 23.4 Å². The van der Waals surface area contributed by atoms with Crippen molar-refractivity contribution in [2.75, 3.05) is 26.8 Å². The number of methoxy groups -OCH3 is 1. The molecule has 1 saturated heterocycles. The Labute approximate surface area is 213 Å². The van der Waals surface area contributed by atoms with Crippen molar-refractivity contribution in [3.8, 4) is 17.2 Å². The van der Waals surface area contributed by atoms with Crippen LogP contribution in [0.15, 0.2) is 59.0 Å². The first kappa shape index (κ1) is 24.0. The molecule has 0 unspecified atom stereocenters. The van der Waals surface area contributed by atoms with Gasteiger partial charge in [-0.05, 0) is 59.6 Å². The van der Waals surface area contributed by atoms with Crippen molar-refractivity contribution in [2.45, 2.75) is 25.2 Å². The standard InChI is InChI=1S/C26H26ClN3O6/c1-33-21-8-4-17-10-22(21)34-15-25(31)28-11-16-2-5-18(6-3-16)35-23-14-30(13-20(23)29-26(17)32)12-19-7-9-24(27)36-19/h2-10,20,23H,11-15H2,1H3,(H,28,31)(H,29,32)/t20-,23-/m0/s1. The summed E-state index contributed by atoms with van der Waals surface area (Å²) >= 11 is 5.93. The van der Waals surface area contributed by atoms with Gasteiger partial charge in [-0.1, -0.05) is 12.1 Å². The largest absolute Gasteiger partial charge is 0.493 e. The SMILES string of the molecule is COc1ccc2cc1OCC(=O)NCc1ccc(cc1)O[C@H]1CN(Cc3ccc(Cl)o3)C[C@@H]1NC2=O. The summed E-state index contributed by atoms with van der Waals surface area (Å²) in [6.45, 7) is 1.82. The summed E-state index contributed by atoms with van der Waals surface area (Å²) in [6, 6.07) is 15.6. The number of halogens is 1. The lowest BCUT2D eigenvalue weighted by Gasteiger charge is -2.21. The van der Waals surface area contributed by atoms with E-state index < -0.39 is 0 Å². The van der Waals surface area contributed by atoms with E-state index >= 15 is 0 Å². The van der Waals surface area contributed by atoms with Crippen molar-refractivity contribution in [3.05, 3.63) is 76.7 Å². The molecular weight excluding hydrogens is 486 g/mol. The Hall–Kier alpha value is -3.69. The number of hydrogen-bond acceptors (Lipinski definition) is 7. The zero-order valence-corrected chi connectivity index (χ0v) is 20.4. The number of fused-ring (bicyclic) bond motifs is 7. The van der Waals surface area contributed by atoms with Crippen LogP contribution in [0.3, 0.4) is 0 Å². The molecule has 1 aromatic heterocycles. The highest BCUT2D eigenvalue weighted by molar-refractivity contribution is 6.28. The summed E-state index contributed by atoms with van der Waals surface area (Å²) < 4.78 is 22.9. The monoisotopic (exact) mass is 511 g/mol. The van der Waals surface area contributed by atoms with E-state index in [9.17, 15) is 9.59 Å². The number of rotatable bonds is 3. The van der Waals surface area contributed by atoms with Crippen LogP contribution in [0, 0.1) is 0 Å². The topological polar surface area (TPSA) is 102 Å². The summed E-state index contributed by atoms with van der Waals surface area (Å²) in [4.78, 5) is 27.7. The van der Waals surface area contributed by atoms with Crippen LogP contribution in [-0.2, 0) is 17.9 Å². The van der Waals surface area contributed by atoms with Crippen LogP contribution < -0.4 is 24.8 Å². The highest BCUT2D eigenvalue weighted by atomic mass is 35.5. The smallest absolute Gasteiger partial charge is 0.258 e. The molecule has 1 fully saturated rings. The average molecular weight is 512 g/mol. The molecule has 0 aliphatic carbocycles. The van der Waals surface area contributed by atoms with Gasteiger partial charge in [0.2, 0.25) is 0 Å². The molecule has 10 heteroatoms. The van der Waals surface area contributed by atoms with E-state index in [2.05, 4.69) is 15.5 Å². The predicted octanol–water partition coefficient (Wildman–Crippen LogP) is 3.01. The Kier molecular flexibility index (Phi) is 7.02. The van der Waals surface area contributed by atoms with E-state index in [0.29, 0.717) is 54.2 Å². The molecule has 0 radical (unpaired) electrons. The molecule has 9 nitrogen and oxygen atoms in total. The minimum absolute atomic E-state index is 0.209. The molecule has 36 heavy (non-hydrogen) atoms. The number of carbonyl (C=O) groups is 2. The van der Waals surface area contributed by atoms with Crippen LogP contribution >= 0.6 is 11.6 Å². The second kappa shape index (κ2) is 10.5. The van der Waals surface area contributed by atoms with Gasteiger partial charge in [0.25, 0.3) is 11.8 Å². The molecule has 3 aromatic rings. The van der Waals surface area contributed by atoms with Crippen LogP contribution in [0.2, 0.25) is 5.22 Å². The van der Waals surface area contributed by atoms with E-state index in [1.54, 1.807) is 24.3 Å². The zero-order valence-electron chi connectivity index (χ0n) is 19.7. The number of furan rings is 1. The zero-order chi connectivity index (χ0) is 25.1. The van der Waals surface area contributed by atoms with Gasteiger partial charge in [-0.15, -0.1) is 0 Å². The van der Waals surface area contributed by atoms with Crippen LogP contribution in [0.4, 0.5) is 0 Å². The van der Waals surface area contributed by atoms with Crippen LogP contribution in [0.25, 0.3) is 0 Å². The van der Waals surface area contributed by atoms with Gasteiger partial charge >= 0.3 is 0 Å². The van der Waals surface area contributed by atoms with Gasteiger partial charge in [-0.3, -0.25) is 14.5 Å². The Morgan fingerprint density at radius 3 is 2.67 bits per heavy atom. The molecule has 188 valence electrons. The number of nitrogens with one attached hydrogen (secondary N) is 2. The van der Waals surface area contributed by atoms with Gasteiger partial charge in [0.05, 0.1) is 19.7 Å². The van der Waals surface area contributed by atoms with Crippen LogP contribution in [0.1, 0.15) is 21.7 Å². The molecule has 0 saturated carbocycles. The first-order chi connectivity index (χ1) is 17.5. The summed E-state index contributed by atoms with van der Waals surface area (Å²) in [6.07, 6.45) is -0.297. The fraction of sp³-hybridized carbons (Fsp3) is 0.308. The van der Waals surface area contributed by atoms with Gasteiger partial charge in [-0.2, -0.15) is 0 Å². The van der Waals surface area contributed by atoms with Crippen molar-refractivity contribution in [2.24, 2.45) is 0 Å². The highest BCUT2D eigenvalue weighted by Gasteiger charge is 2.36. The molecule has 3 aliphatic heterocycles. The molecular formula is C26H26ClN3O6. The molecule has 2 atom stereocenters. The van der Waals surface area contributed by atoms with E-state index in [1.165, 1.54) is 7.11 Å². The number of ether oxygens (including phenoxy) is 3. The van der Waals surface area contributed by atoms with Gasteiger partial charge < -0.3 is 29.3 Å². The summed E-state index contributed by atoms with van der Waals surface area (Å²) in [5, 5.41) is 6.26. The lowest BCUT2D eigenvalue weighted by atomic mass is 10.1. The lowest BCUT2D eigenvalue weighted by molar-refractivity contribution is -0.123. The maximum Gasteiger partial charge on any atom is 0.258 e. The van der Waals surface area contributed by atoms with Gasteiger partial charge in [0.15, 0.2) is 23.3 Å². The van der Waals surface area contributed by atoms with Crippen LogP contribution in [0.5, 0.6) is 17.2 Å². The molecule has 4 heterocycles. The Morgan fingerprint density at radius 1 is 1.08 bits per heavy atom. The highest BCUT2D eigenvalue weighted by Crippen LogP contribution is 2.29. The summed E-state index contributed by atoms with van der Waals surface area (Å²) in [7, 11) is 1.50. The number of hydrogen-bond donors (Lipinski definition) is 2. The second-order valence-corrected chi connectivity index (χ2v) is 9.08. The minimum atomic E-state index is -0.297. The fourth-order valence-electron chi connectivity index (χ4n) is 4.33. The van der Waals surface area contributed by atoms with Crippen molar-refractivity contribution in [1.29, 1.82) is 0 Å². The van der Waals surface area contributed by atoms with Gasteiger partial charge in [-0.25, -0.2) is 0 Å². The Balaban J connectivity index is 1.42. The molecule has 3 aliphatic rings. The maximum atomic E-state index is 13.2. The lowest BCUT2D eigenvalue weighted by Crippen LogP contribution is -2.45. The third-order valence-corrected chi connectivity index (χ3v) is 6.35. The first-order valence-corrected chi connectivity index (χ1v) is 11.9. The molecule has 4 bridgehead atoms. The number of carbonyl (C=O) groups excluding carboxylic acids is 2.